The molecule has 1 aromatic heterocycles. The molecule has 0 aliphatic heterocycles. The molecule has 0 aromatic carbocycles. The molecule has 0 radical (unpaired) electrons. The Morgan fingerprint density at radius 3 is 2.80 bits per heavy atom. The first-order valence-corrected chi connectivity index (χ1v) is 3.29. The SMILES string of the molecule is [Li+].[c-]1ccc(C2CC2)nc1. The summed E-state index contributed by atoms with van der Waals surface area (Å²) in [6.07, 6.45) is 4.40. The largest absolute Gasteiger partial charge is 1.00 e. The van der Waals surface area contributed by atoms with E-state index in [0.29, 0.717) is 0 Å². The van der Waals surface area contributed by atoms with Gasteiger partial charge >= 0.3 is 18.9 Å². The van der Waals surface area contributed by atoms with E-state index in [1.54, 1.807) is 6.20 Å². The van der Waals surface area contributed by atoms with E-state index >= 15 is 0 Å². The van der Waals surface area contributed by atoms with Crippen LogP contribution in [0, 0.1) is 6.07 Å². The second-order valence-corrected chi connectivity index (χ2v) is 2.46. The van der Waals surface area contributed by atoms with Gasteiger partial charge in [0.2, 0.25) is 0 Å². The van der Waals surface area contributed by atoms with Crippen molar-refractivity contribution in [1.82, 2.24) is 4.98 Å². The fourth-order valence-corrected chi connectivity index (χ4v) is 0.952. The van der Waals surface area contributed by atoms with E-state index in [1.807, 2.05) is 6.07 Å². The number of pyridine rings is 1. The van der Waals surface area contributed by atoms with Crippen LogP contribution in [0.15, 0.2) is 18.3 Å². The maximum Gasteiger partial charge on any atom is 1.00 e. The zero-order valence-corrected chi connectivity index (χ0v) is 6.17. The maximum atomic E-state index is 4.19. The summed E-state index contributed by atoms with van der Waals surface area (Å²) in [6, 6.07) is 6.89. The van der Waals surface area contributed by atoms with Gasteiger partial charge in [0, 0.05) is 0 Å². The molecule has 0 bridgehead atoms. The second kappa shape index (κ2) is 3.23. The molecule has 0 unspecified atom stereocenters. The summed E-state index contributed by atoms with van der Waals surface area (Å²) in [5.41, 5.74) is 1.24. The molecule has 0 N–H and O–H groups in total. The first kappa shape index (κ1) is 7.85. The molecular formula is C8H8LiN. The van der Waals surface area contributed by atoms with E-state index in [-0.39, 0.29) is 18.9 Å². The van der Waals surface area contributed by atoms with Gasteiger partial charge in [0.1, 0.15) is 0 Å². The van der Waals surface area contributed by atoms with Gasteiger partial charge in [-0.2, -0.15) is 6.07 Å². The maximum absolute atomic E-state index is 4.19. The average molecular weight is 125 g/mol. The third-order valence-electron chi connectivity index (χ3n) is 1.63. The number of nitrogens with zero attached hydrogens (tertiary/aromatic N) is 1. The van der Waals surface area contributed by atoms with Crippen LogP contribution in [0.3, 0.4) is 0 Å². The third-order valence-corrected chi connectivity index (χ3v) is 1.63. The summed E-state index contributed by atoms with van der Waals surface area (Å²) >= 11 is 0. The summed E-state index contributed by atoms with van der Waals surface area (Å²) in [4.78, 5) is 4.19. The predicted molar refractivity (Wildman–Crippen MR) is 35.0 cm³/mol. The van der Waals surface area contributed by atoms with Gasteiger partial charge in [-0.15, -0.1) is 0 Å². The first-order chi connectivity index (χ1) is 4.47. The van der Waals surface area contributed by atoms with Crippen LogP contribution in [0.1, 0.15) is 24.5 Å². The Morgan fingerprint density at radius 2 is 2.30 bits per heavy atom. The number of rotatable bonds is 1. The summed E-state index contributed by atoms with van der Waals surface area (Å²) < 4.78 is 0. The van der Waals surface area contributed by atoms with Gasteiger partial charge in [0.25, 0.3) is 0 Å². The fraction of sp³-hybridized carbons (Fsp3) is 0.375. The molecule has 0 saturated heterocycles. The molecule has 2 heteroatoms. The summed E-state index contributed by atoms with van der Waals surface area (Å²) in [6.45, 7) is 0. The van der Waals surface area contributed by atoms with Crippen LogP contribution in [-0.4, -0.2) is 4.98 Å². The Morgan fingerprint density at radius 1 is 1.50 bits per heavy atom. The quantitative estimate of drug-likeness (QED) is 0.338. The van der Waals surface area contributed by atoms with Crippen molar-refractivity contribution in [2.45, 2.75) is 18.8 Å². The van der Waals surface area contributed by atoms with Crippen LogP contribution >= 0.6 is 0 Å². The summed E-state index contributed by atoms with van der Waals surface area (Å²) in [7, 11) is 0. The normalized spacial score (nSPS) is 16.0. The zero-order chi connectivity index (χ0) is 6.10. The molecule has 1 heterocycles. The Labute approximate surface area is 73.0 Å². The molecule has 1 aliphatic rings. The molecule has 1 saturated carbocycles. The van der Waals surface area contributed by atoms with Crippen LogP contribution in [0.2, 0.25) is 0 Å². The molecule has 2 rings (SSSR count). The van der Waals surface area contributed by atoms with Crippen molar-refractivity contribution in [3.63, 3.8) is 0 Å². The molecule has 0 atom stereocenters. The molecule has 1 aliphatic carbocycles. The van der Waals surface area contributed by atoms with E-state index in [9.17, 15) is 0 Å². The number of hydrogen-bond donors (Lipinski definition) is 0. The van der Waals surface area contributed by atoms with Crippen LogP contribution in [0.5, 0.6) is 0 Å². The van der Waals surface area contributed by atoms with Crippen molar-refractivity contribution < 1.29 is 18.9 Å². The summed E-state index contributed by atoms with van der Waals surface area (Å²) in [5, 5.41) is 0. The number of hydrogen-bond acceptors (Lipinski definition) is 1. The molecule has 1 aromatic rings. The fourth-order valence-electron chi connectivity index (χ4n) is 0.952. The van der Waals surface area contributed by atoms with Gasteiger partial charge in [0.05, 0.1) is 0 Å². The Balaban J connectivity index is 0.000000500. The van der Waals surface area contributed by atoms with E-state index < -0.39 is 0 Å². The Hall–Kier alpha value is -0.253. The zero-order valence-electron chi connectivity index (χ0n) is 6.17. The van der Waals surface area contributed by atoms with E-state index in [2.05, 4.69) is 17.1 Å². The van der Waals surface area contributed by atoms with Gasteiger partial charge in [-0.25, -0.2) is 12.1 Å². The Bertz CT molecular complexity index is 194. The Kier molecular flexibility index (Phi) is 2.54. The van der Waals surface area contributed by atoms with Crippen molar-refractivity contribution in [2.75, 3.05) is 0 Å². The van der Waals surface area contributed by atoms with Crippen LogP contribution in [0.25, 0.3) is 0 Å². The molecule has 1 fully saturated rings. The first-order valence-electron chi connectivity index (χ1n) is 3.29. The van der Waals surface area contributed by atoms with E-state index in [1.165, 1.54) is 18.5 Å². The smallest absolute Gasteiger partial charge is 0.300 e. The monoisotopic (exact) mass is 125 g/mol. The van der Waals surface area contributed by atoms with Crippen molar-refractivity contribution in [2.24, 2.45) is 0 Å². The van der Waals surface area contributed by atoms with Gasteiger partial charge in [-0.1, -0.05) is 6.20 Å². The average Bonchev–Trinajstić information content (AvgIpc) is 2.71. The van der Waals surface area contributed by atoms with Crippen molar-refractivity contribution in [1.29, 1.82) is 0 Å². The molecule has 0 spiro atoms. The molecule has 0 amide bonds. The third kappa shape index (κ3) is 1.62. The van der Waals surface area contributed by atoms with Crippen LogP contribution < -0.4 is 18.9 Å². The van der Waals surface area contributed by atoms with Gasteiger partial charge in [-0.3, -0.25) is 0 Å². The number of aromatic nitrogens is 1. The summed E-state index contributed by atoms with van der Waals surface area (Å²) in [5.74, 6) is 0.777. The molecule has 1 nitrogen and oxygen atoms in total. The molecule has 10 heavy (non-hydrogen) atoms. The van der Waals surface area contributed by atoms with Gasteiger partial charge in [0.15, 0.2) is 0 Å². The minimum Gasteiger partial charge on any atom is -0.300 e. The molecular weight excluding hydrogens is 117 g/mol. The van der Waals surface area contributed by atoms with Crippen molar-refractivity contribution in [3.8, 4) is 0 Å². The van der Waals surface area contributed by atoms with E-state index in [0.717, 1.165) is 5.92 Å². The second-order valence-electron chi connectivity index (χ2n) is 2.46. The van der Waals surface area contributed by atoms with Crippen molar-refractivity contribution in [3.05, 3.63) is 30.1 Å². The minimum absolute atomic E-state index is 0. The van der Waals surface area contributed by atoms with Crippen LogP contribution in [-0.2, 0) is 0 Å². The van der Waals surface area contributed by atoms with Gasteiger partial charge < -0.3 is 4.98 Å². The molecule has 46 valence electrons. The topological polar surface area (TPSA) is 12.9 Å². The predicted octanol–water partition coefficient (Wildman–Crippen LogP) is -1.24. The van der Waals surface area contributed by atoms with Gasteiger partial charge in [-0.05, 0) is 24.5 Å². The minimum atomic E-state index is 0. The van der Waals surface area contributed by atoms with E-state index in [4.69, 9.17) is 0 Å². The van der Waals surface area contributed by atoms with Crippen LogP contribution in [0.4, 0.5) is 0 Å². The van der Waals surface area contributed by atoms with Crippen molar-refractivity contribution >= 4 is 0 Å². The standard InChI is InChI=1S/C8H8N.Li/c1-2-6-9-8(3-1)7-4-5-7;/h1,3,6-7H,4-5H2;/q-1;+1.